The molecule has 0 aliphatic carbocycles. The van der Waals surface area contributed by atoms with Gasteiger partial charge in [-0.3, -0.25) is 4.79 Å². The van der Waals surface area contributed by atoms with Crippen LogP contribution in [-0.4, -0.2) is 50.2 Å². The van der Waals surface area contributed by atoms with Crippen molar-refractivity contribution in [1.29, 1.82) is 0 Å². The van der Waals surface area contributed by atoms with Crippen molar-refractivity contribution in [2.75, 3.05) is 33.4 Å². The van der Waals surface area contributed by atoms with Gasteiger partial charge in [0.1, 0.15) is 0 Å². The number of likely N-dealkylation sites (N-methyl/N-ethyl adjacent to an activating group) is 1. The van der Waals surface area contributed by atoms with Gasteiger partial charge < -0.3 is 15.0 Å². The van der Waals surface area contributed by atoms with Crippen LogP contribution in [0.25, 0.3) is 0 Å². The molecule has 1 amide bonds. The van der Waals surface area contributed by atoms with Gasteiger partial charge in [-0.2, -0.15) is 0 Å². The summed E-state index contributed by atoms with van der Waals surface area (Å²) in [6, 6.07) is 0.0829. The third-order valence-electron chi connectivity index (χ3n) is 3.28. The van der Waals surface area contributed by atoms with Crippen LogP contribution in [0.1, 0.15) is 19.3 Å². The van der Waals surface area contributed by atoms with Crippen LogP contribution in [0.15, 0.2) is 0 Å². The minimum absolute atomic E-state index is 0. The number of ether oxygens (including phenoxy) is 1. The second-order valence-electron chi connectivity index (χ2n) is 4.60. The molecule has 0 aromatic carbocycles. The molecule has 2 aliphatic heterocycles. The van der Waals surface area contributed by atoms with Crippen LogP contribution in [-0.2, 0) is 9.53 Å². The van der Waals surface area contributed by atoms with Crippen LogP contribution in [0.4, 0.5) is 0 Å². The highest BCUT2D eigenvalue weighted by Crippen LogP contribution is 2.15. The molecule has 94 valence electrons. The molecule has 4 nitrogen and oxygen atoms in total. The summed E-state index contributed by atoms with van der Waals surface area (Å²) >= 11 is 0. The van der Waals surface area contributed by atoms with Gasteiger partial charge in [0.2, 0.25) is 5.91 Å². The molecule has 0 aromatic heterocycles. The lowest BCUT2D eigenvalue weighted by Crippen LogP contribution is -2.54. The van der Waals surface area contributed by atoms with E-state index in [4.69, 9.17) is 4.74 Å². The topological polar surface area (TPSA) is 41.6 Å². The summed E-state index contributed by atoms with van der Waals surface area (Å²) in [7, 11) is 1.90. The summed E-state index contributed by atoms with van der Waals surface area (Å²) < 4.78 is 5.41. The summed E-state index contributed by atoms with van der Waals surface area (Å²) in [4.78, 5) is 13.7. The molecule has 16 heavy (non-hydrogen) atoms. The number of halogens is 1. The van der Waals surface area contributed by atoms with Gasteiger partial charge in [0.15, 0.2) is 0 Å². The van der Waals surface area contributed by atoms with Crippen LogP contribution < -0.4 is 5.32 Å². The summed E-state index contributed by atoms with van der Waals surface area (Å²) in [5, 5.41) is 3.14. The molecular formula is C11H21ClN2O2. The lowest BCUT2D eigenvalue weighted by Gasteiger charge is -2.33. The fourth-order valence-corrected chi connectivity index (χ4v) is 2.19. The van der Waals surface area contributed by atoms with Crippen molar-refractivity contribution in [3.05, 3.63) is 0 Å². The lowest BCUT2D eigenvalue weighted by molar-refractivity contribution is -0.135. The van der Waals surface area contributed by atoms with Gasteiger partial charge >= 0.3 is 0 Å². The van der Waals surface area contributed by atoms with Gasteiger partial charge in [0.05, 0.1) is 12.6 Å². The predicted octanol–water partition coefficient (Wildman–Crippen LogP) is 0.655. The average molecular weight is 249 g/mol. The Morgan fingerprint density at radius 1 is 1.50 bits per heavy atom. The van der Waals surface area contributed by atoms with Gasteiger partial charge in [0.25, 0.3) is 0 Å². The van der Waals surface area contributed by atoms with E-state index >= 15 is 0 Å². The predicted molar refractivity (Wildman–Crippen MR) is 64.8 cm³/mol. The number of nitrogens with zero attached hydrogens (tertiary/aromatic N) is 1. The van der Waals surface area contributed by atoms with Crippen molar-refractivity contribution in [2.45, 2.75) is 25.3 Å². The maximum atomic E-state index is 11.8. The quantitative estimate of drug-likeness (QED) is 0.798. The molecule has 0 spiro atoms. The van der Waals surface area contributed by atoms with Gasteiger partial charge in [-0.05, 0) is 31.7 Å². The van der Waals surface area contributed by atoms with Crippen LogP contribution in [0.5, 0.6) is 0 Å². The Morgan fingerprint density at radius 2 is 2.25 bits per heavy atom. The standard InChI is InChI=1S/C11H20N2O2.ClH/c1-13(11(14)10-4-5-12-10)7-9-3-2-6-15-8-9;/h9-10,12H,2-8H2,1H3;1H/t9?,10-;/m1./s1. The molecule has 0 aromatic rings. The van der Waals surface area contributed by atoms with Gasteiger partial charge in [-0.25, -0.2) is 0 Å². The summed E-state index contributed by atoms with van der Waals surface area (Å²) in [5.74, 6) is 0.777. The van der Waals surface area contributed by atoms with Crippen LogP contribution in [0.2, 0.25) is 0 Å². The Morgan fingerprint density at radius 3 is 2.75 bits per heavy atom. The summed E-state index contributed by atoms with van der Waals surface area (Å²) in [6.45, 7) is 3.53. The first kappa shape index (κ1) is 13.7. The van der Waals surface area contributed by atoms with Gasteiger partial charge in [-0.15, -0.1) is 12.4 Å². The molecule has 2 aliphatic rings. The number of nitrogens with one attached hydrogen (secondary N) is 1. The fraction of sp³-hybridized carbons (Fsp3) is 0.909. The Hall–Kier alpha value is -0.320. The number of amides is 1. The minimum atomic E-state index is 0. The zero-order chi connectivity index (χ0) is 10.7. The Kier molecular flexibility index (Phi) is 5.52. The van der Waals surface area contributed by atoms with E-state index < -0.39 is 0 Å². The number of rotatable bonds is 3. The van der Waals surface area contributed by atoms with E-state index in [0.717, 1.165) is 39.1 Å². The third kappa shape index (κ3) is 3.34. The molecule has 2 heterocycles. The molecule has 2 saturated heterocycles. The Labute approximate surface area is 103 Å². The molecule has 0 radical (unpaired) electrons. The first-order chi connectivity index (χ1) is 7.27. The molecule has 2 fully saturated rings. The van der Waals surface area contributed by atoms with Crippen molar-refractivity contribution in [2.24, 2.45) is 5.92 Å². The van der Waals surface area contributed by atoms with Crippen molar-refractivity contribution in [3.8, 4) is 0 Å². The third-order valence-corrected chi connectivity index (χ3v) is 3.28. The second-order valence-corrected chi connectivity index (χ2v) is 4.60. The molecule has 5 heteroatoms. The van der Waals surface area contributed by atoms with E-state index in [9.17, 15) is 4.79 Å². The van der Waals surface area contributed by atoms with Crippen molar-refractivity contribution < 1.29 is 9.53 Å². The highest BCUT2D eigenvalue weighted by atomic mass is 35.5. The van der Waals surface area contributed by atoms with Crippen LogP contribution in [0, 0.1) is 5.92 Å². The van der Waals surface area contributed by atoms with Crippen molar-refractivity contribution >= 4 is 18.3 Å². The Balaban J connectivity index is 0.00000128. The molecular weight excluding hydrogens is 228 g/mol. The SMILES string of the molecule is CN(CC1CCCOC1)C(=O)[C@H]1CCN1.Cl. The first-order valence-electron chi connectivity index (χ1n) is 5.83. The minimum Gasteiger partial charge on any atom is -0.381 e. The van der Waals surface area contributed by atoms with Crippen LogP contribution in [0.3, 0.4) is 0 Å². The number of hydrogen-bond donors (Lipinski definition) is 1. The van der Waals surface area contributed by atoms with E-state index in [1.165, 1.54) is 6.42 Å². The maximum Gasteiger partial charge on any atom is 0.239 e. The van der Waals surface area contributed by atoms with E-state index in [2.05, 4.69) is 5.32 Å². The van der Waals surface area contributed by atoms with Gasteiger partial charge in [0, 0.05) is 20.2 Å². The molecule has 2 atom stereocenters. The highest BCUT2D eigenvalue weighted by Gasteiger charge is 2.28. The average Bonchev–Trinajstić information content (AvgIpc) is 2.16. The van der Waals surface area contributed by atoms with Crippen molar-refractivity contribution in [3.63, 3.8) is 0 Å². The van der Waals surface area contributed by atoms with E-state index in [1.54, 1.807) is 0 Å². The van der Waals surface area contributed by atoms with Gasteiger partial charge in [-0.1, -0.05) is 0 Å². The summed E-state index contributed by atoms with van der Waals surface area (Å²) in [6.07, 6.45) is 3.31. The second kappa shape index (κ2) is 6.42. The molecule has 2 rings (SSSR count). The highest BCUT2D eigenvalue weighted by molar-refractivity contribution is 5.85. The number of carbonyl (C=O) groups excluding carboxylic acids is 1. The first-order valence-corrected chi connectivity index (χ1v) is 5.83. The largest absolute Gasteiger partial charge is 0.381 e. The van der Waals surface area contributed by atoms with Crippen LogP contribution >= 0.6 is 12.4 Å². The smallest absolute Gasteiger partial charge is 0.239 e. The zero-order valence-electron chi connectivity index (χ0n) is 9.78. The van der Waals surface area contributed by atoms with E-state index in [-0.39, 0.29) is 24.4 Å². The van der Waals surface area contributed by atoms with Crippen molar-refractivity contribution in [1.82, 2.24) is 10.2 Å². The summed E-state index contributed by atoms with van der Waals surface area (Å²) in [5.41, 5.74) is 0. The normalized spacial score (nSPS) is 28.8. The number of hydrogen-bond acceptors (Lipinski definition) is 3. The lowest BCUT2D eigenvalue weighted by atomic mass is 10.0. The molecule has 1 unspecified atom stereocenters. The molecule has 0 saturated carbocycles. The fourth-order valence-electron chi connectivity index (χ4n) is 2.19. The maximum absolute atomic E-state index is 11.8. The van der Waals surface area contributed by atoms with E-state index in [1.807, 2.05) is 11.9 Å². The number of carbonyl (C=O) groups is 1. The zero-order valence-corrected chi connectivity index (χ0v) is 10.6. The Bertz CT molecular complexity index is 228. The van der Waals surface area contributed by atoms with E-state index in [0.29, 0.717) is 5.92 Å². The molecule has 0 bridgehead atoms. The molecule has 1 N–H and O–H groups in total. The monoisotopic (exact) mass is 248 g/mol.